The van der Waals surface area contributed by atoms with Crippen molar-refractivity contribution in [3.63, 3.8) is 0 Å². The standard InChI is InChI=1S/C18H13BrClN3OS/c1-2-8-23-17(24)16(10-12-4-3-5-13(19)9-12)25-18(23)22-15-6-7-21-11-14(15)20/h2-7,9-11H,1,8H2/b16-10-,22-18?. The summed E-state index contributed by atoms with van der Waals surface area (Å²) in [6.07, 6.45) is 6.66. The van der Waals surface area contributed by atoms with Gasteiger partial charge in [0.05, 0.1) is 15.6 Å². The Morgan fingerprint density at radius 1 is 1.40 bits per heavy atom. The number of hydrogen-bond acceptors (Lipinski definition) is 4. The summed E-state index contributed by atoms with van der Waals surface area (Å²) in [5.74, 6) is -0.103. The molecule has 0 atom stereocenters. The molecule has 25 heavy (non-hydrogen) atoms. The van der Waals surface area contributed by atoms with Gasteiger partial charge in [-0.1, -0.05) is 45.7 Å². The zero-order valence-electron chi connectivity index (χ0n) is 13.0. The van der Waals surface area contributed by atoms with Crippen LogP contribution in [0.15, 0.2) is 69.8 Å². The smallest absolute Gasteiger partial charge is 0.267 e. The van der Waals surface area contributed by atoms with Crippen LogP contribution in [0.2, 0.25) is 5.02 Å². The molecular formula is C18H13BrClN3OS. The molecule has 0 aliphatic carbocycles. The molecule has 2 aromatic rings. The van der Waals surface area contributed by atoms with Crippen molar-refractivity contribution in [3.8, 4) is 0 Å². The molecular weight excluding hydrogens is 422 g/mol. The van der Waals surface area contributed by atoms with Gasteiger partial charge in [0.15, 0.2) is 5.17 Å². The number of pyridine rings is 1. The first-order chi connectivity index (χ1) is 12.1. The number of amidine groups is 1. The number of nitrogens with zero attached hydrogens (tertiary/aromatic N) is 3. The second kappa shape index (κ2) is 7.99. The summed E-state index contributed by atoms with van der Waals surface area (Å²) in [6.45, 7) is 4.10. The van der Waals surface area contributed by atoms with E-state index >= 15 is 0 Å². The van der Waals surface area contributed by atoms with Gasteiger partial charge in [-0.3, -0.25) is 14.7 Å². The summed E-state index contributed by atoms with van der Waals surface area (Å²) in [7, 11) is 0. The fourth-order valence-corrected chi connectivity index (χ4v) is 3.77. The third kappa shape index (κ3) is 4.21. The quantitative estimate of drug-likeness (QED) is 0.485. The van der Waals surface area contributed by atoms with Gasteiger partial charge in [0, 0.05) is 23.4 Å². The van der Waals surface area contributed by atoms with E-state index in [9.17, 15) is 4.79 Å². The van der Waals surface area contributed by atoms with E-state index < -0.39 is 0 Å². The van der Waals surface area contributed by atoms with Crippen molar-refractivity contribution < 1.29 is 4.79 Å². The fourth-order valence-electron chi connectivity index (χ4n) is 2.19. The number of halogens is 2. The summed E-state index contributed by atoms with van der Waals surface area (Å²) in [6, 6.07) is 9.47. The molecule has 1 fully saturated rings. The Bertz CT molecular complexity index is 897. The number of aliphatic imine (C=N–C) groups is 1. The maximum absolute atomic E-state index is 12.7. The van der Waals surface area contributed by atoms with Crippen molar-refractivity contribution in [1.82, 2.24) is 9.88 Å². The minimum Gasteiger partial charge on any atom is -0.283 e. The zero-order valence-corrected chi connectivity index (χ0v) is 16.2. The van der Waals surface area contributed by atoms with Crippen LogP contribution in [0.3, 0.4) is 0 Å². The Labute approximate surface area is 163 Å². The van der Waals surface area contributed by atoms with Crippen LogP contribution in [-0.2, 0) is 4.79 Å². The van der Waals surface area contributed by atoms with Crippen LogP contribution >= 0.6 is 39.3 Å². The van der Waals surface area contributed by atoms with E-state index in [0.717, 1.165) is 10.0 Å². The first kappa shape index (κ1) is 17.9. The normalized spacial score (nSPS) is 17.5. The third-order valence-electron chi connectivity index (χ3n) is 3.31. The Morgan fingerprint density at radius 2 is 2.24 bits per heavy atom. The van der Waals surface area contributed by atoms with E-state index in [4.69, 9.17) is 11.6 Å². The average Bonchev–Trinajstić information content (AvgIpc) is 2.86. The van der Waals surface area contributed by atoms with Gasteiger partial charge in [0.2, 0.25) is 0 Å². The lowest BCUT2D eigenvalue weighted by Gasteiger charge is -2.12. The van der Waals surface area contributed by atoms with Crippen molar-refractivity contribution >= 4 is 62.1 Å². The van der Waals surface area contributed by atoms with Crippen LogP contribution in [0.25, 0.3) is 6.08 Å². The van der Waals surface area contributed by atoms with Crippen LogP contribution < -0.4 is 0 Å². The Hall–Kier alpha value is -1.89. The molecule has 1 amide bonds. The minimum atomic E-state index is -0.103. The van der Waals surface area contributed by atoms with E-state index in [-0.39, 0.29) is 5.91 Å². The van der Waals surface area contributed by atoms with Crippen LogP contribution in [0.1, 0.15) is 5.56 Å². The molecule has 1 aromatic heterocycles. The van der Waals surface area contributed by atoms with Gasteiger partial charge in [-0.05, 0) is 41.6 Å². The SMILES string of the molecule is C=CCN1C(=O)/C(=C/c2cccc(Br)c2)SC1=Nc1ccncc1Cl. The van der Waals surface area contributed by atoms with Gasteiger partial charge in [0.1, 0.15) is 0 Å². The third-order valence-corrected chi connectivity index (χ3v) is 5.10. The average molecular weight is 435 g/mol. The number of aromatic nitrogens is 1. The van der Waals surface area contributed by atoms with Gasteiger partial charge in [0.25, 0.3) is 5.91 Å². The Morgan fingerprint density at radius 3 is 2.96 bits per heavy atom. The zero-order chi connectivity index (χ0) is 17.8. The van der Waals surface area contributed by atoms with Gasteiger partial charge in [-0.2, -0.15) is 0 Å². The summed E-state index contributed by atoms with van der Waals surface area (Å²) in [5, 5.41) is 1.00. The molecule has 0 N–H and O–H groups in total. The van der Waals surface area contributed by atoms with Crippen LogP contribution in [0.4, 0.5) is 5.69 Å². The lowest BCUT2D eigenvalue weighted by molar-refractivity contribution is -0.121. The van der Waals surface area contributed by atoms with Gasteiger partial charge >= 0.3 is 0 Å². The molecule has 3 rings (SSSR count). The molecule has 126 valence electrons. The number of amides is 1. The van der Waals surface area contributed by atoms with Crippen LogP contribution in [0, 0.1) is 0 Å². The van der Waals surface area contributed by atoms with Gasteiger partial charge in [-0.25, -0.2) is 4.99 Å². The number of benzene rings is 1. The molecule has 1 aromatic carbocycles. The Kier molecular flexibility index (Phi) is 5.73. The van der Waals surface area contributed by atoms with Crippen LogP contribution in [-0.4, -0.2) is 27.5 Å². The molecule has 1 aliphatic heterocycles. The monoisotopic (exact) mass is 433 g/mol. The molecule has 0 bridgehead atoms. The number of carbonyl (C=O) groups is 1. The van der Waals surface area contributed by atoms with Gasteiger partial charge < -0.3 is 0 Å². The predicted octanol–water partition coefficient (Wildman–Crippen LogP) is 5.29. The number of rotatable bonds is 4. The summed E-state index contributed by atoms with van der Waals surface area (Å²) in [4.78, 5) is 23.4. The highest BCUT2D eigenvalue weighted by atomic mass is 79.9. The van der Waals surface area contributed by atoms with Crippen LogP contribution in [0.5, 0.6) is 0 Å². The largest absolute Gasteiger partial charge is 0.283 e. The van der Waals surface area contributed by atoms with Crippen molar-refractivity contribution in [2.45, 2.75) is 0 Å². The summed E-state index contributed by atoms with van der Waals surface area (Å²) in [5.41, 5.74) is 1.51. The molecule has 7 heteroatoms. The molecule has 1 saturated heterocycles. The van der Waals surface area contributed by atoms with E-state index in [1.54, 1.807) is 23.2 Å². The fraction of sp³-hybridized carbons (Fsp3) is 0.0556. The molecule has 1 aliphatic rings. The lowest BCUT2D eigenvalue weighted by atomic mass is 10.2. The number of thioether (sulfide) groups is 1. The van der Waals surface area contributed by atoms with Crippen molar-refractivity contribution in [3.05, 3.63) is 75.3 Å². The predicted molar refractivity (Wildman–Crippen MR) is 108 cm³/mol. The molecule has 2 heterocycles. The van der Waals surface area contributed by atoms with Crippen molar-refractivity contribution in [2.24, 2.45) is 4.99 Å². The summed E-state index contributed by atoms with van der Waals surface area (Å²) < 4.78 is 0.956. The van der Waals surface area contributed by atoms with E-state index in [1.165, 1.54) is 18.0 Å². The minimum absolute atomic E-state index is 0.103. The van der Waals surface area contributed by atoms with Gasteiger partial charge in [-0.15, -0.1) is 6.58 Å². The Balaban J connectivity index is 1.98. The second-order valence-electron chi connectivity index (χ2n) is 5.09. The maximum atomic E-state index is 12.7. The molecule has 4 nitrogen and oxygen atoms in total. The molecule has 0 saturated carbocycles. The molecule has 0 unspecified atom stereocenters. The van der Waals surface area contributed by atoms with E-state index in [2.05, 4.69) is 32.5 Å². The highest BCUT2D eigenvalue weighted by Crippen LogP contribution is 2.35. The highest BCUT2D eigenvalue weighted by Gasteiger charge is 2.32. The molecule has 0 radical (unpaired) electrons. The topological polar surface area (TPSA) is 45.6 Å². The number of carbonyl (C=O) groups excluding carboxylic acids is 1. The second-order valence-corrected chi connectivity index (χ2v) is 7.42. The number of hydrogen-bond donors (Lipinski definition) is 0. The first-order valence-corrected chi connectivity index (χ1v) is 9.33. The van der Waals surface area contributed by atoms with E-state index in [1.807, 2.05) is 30.3 Å². The highest BCUT2D eigenvalue weighted by molar-refractivity contribution is 9.10. The lowest BCUT2D eigenvalue weighted by Crippen LogP contribution is -2.29. The maximum Gasteiger partial charge on any atom is 0.267 e. The van der Waals surface area contributed by atoms with E-state index in [0.29, 0.717) is 27.3 Å². The summed E-state index contributed by atoms with van der Waals surface area (Å²) >= 11 is 10.9. The first-order valence-electron chi connectivity index (χ1n) is 7.34. The van der Waals surface area contributed by atoms with Crippen molar-refractivity contribution in [1.29, 1.82) is 0 Å². The van der Waals surface area contributed by atoms with Crippen molar-refractivity contribution in [2.75, 3.05) is 6.54 Å². The molecule has 0 spiro atoms.